The van der Waals surface area contributed by atoms with Gasteiger partial charge in [0, 0.05) is 50.0 Å². The van der Waals surface area contributed by atoms with Gasteiger partial charge in [0.2, 0.25) is 0 Å². The van der Waals surface area contributed by atoms with Gasteiger partial charge in [0.15, 0.2) is 5.79 Å². The lowest BCUT2D eigenvalue weighted by atomic mass is 9.80. The Bertz CT molecular complexity index is 1300. The number of carbonyl (C=O) groups excluding carboxylic acids is 1. The van der Waals surface area contributed by atoms with Crippen molar-refractivity contribution < 1.29 is 54.4 Å². The van der Waals surface area contributed by atoms with Crippen LogP contribution in [-0.4, -0.2) is 102 Å². The van der Waals surface area contributed by atoms with Crippen molar-refractivity contribution in [3.63, 3.8) is 0 Å². The van der Waals surface area contributed by atoms with E-state index >= 15 is 0 Å². The van der Waals surface area contributed by atoms with Gasteiger partial charge in [-0.3, -0.25) is 0 Å². The van der Waals surface area contributed by atoms with Gasteiger partial charge in [-0.15, -0.1) is 0 Å². The van der Waals surface area contributed by atoms with E-state index in [1.54, 1.807) is 13.8 Å². The predicted octanol–water partition coefficient (Wildman–Crippen LogP) is 5.53. The Labute approximate surface area is 317 Å². The van der Waals surface area contributed by atoms with Crippen LogP contribution in [-0.2, 0) is 23.7 Å². The van der Waals surface area contributed by atoms with Crippen molar-refractivity contribution in [2.45, 2.75) is 204 Å². The first kappa shape index (κ1) is 43.9. The highest BCUT2D eigenvalue weighted by Gasteiger charge is 2.52. The molecule has 13 unspecified atom stereocenters. The molecule has 0 aromatic rings. The summed E-state index contributed by atoms with van der Waals surface area (Å²) in [7, 11) is 0. The van der Waals surface area contributed by atoms with E-state index in [9.17, 15) is 35.4 Å². The van der Waals surface area contributed by atoms with Crippen LogP contribution in [0.4, 0.5) is 0 Å². The maximum Gasteiger partial charge on any atom is 0.330 e. The van der Waals surface area contributed by atoms with Crippen molar-refractivity contribution in [1.29, 1.82) is 0 Å². The molecule has 1 spiro atoms. The zero-order chi connectivity index (χ0) is 39.4. The molecule has 0 radical (unpaired) electrons. The number of aliphatic hydroxyl groups is 6. The molecule has 2 bridgehead atoms. The molecule has 0 aromatic carbocycles. The maximum atomic E-state index is 13.5. The standard InChI is InChI=1S/C42H70O11/c1-9-30(43)21-32-26(2)16-20-42(52-32)25-35-28(4)33(53-42)23-34-29(24-39(5,6)51-34)15-13-11-10-12-14-18-40(7,48)36(45)22-31(44)27(3)38(47)41(8,49)19-17-37(46)50-35/h13,15,17,19,26-28,30-33,35-36,38,43-45,47-49H,9-12,14,16,18,20-25H2,1-8H3/b15-13-,19-17+. The molecule has 0 saturated carbocycles. The van der Waals surface area contributed by atoms with E-state index in [1.165, 1.54) is 13.0 Å². The fraction of sp³-hybridized carbons (Fsp3) is 0.833. The fourth-order valence-electron chi connectivity index (χ4n) is 8.35. The predicted molar refractivity (Wildman–Crippen MR) is 201 cm³/mol. The summed E-state index contributed by atoms with van der Waals surface area (Å²) in [5.74, 6) is -1.84. The molecule has 2 saturated heterocycles. The molecular formula is C42H70O11. The van der Waals surface area contributed by atoms with E-state index in [0.717, 1.165) is 49.5 Å². The molecule has 4 aliphatic rings. The summed E-state index contributed by atoms with van der Waals surface area (Å²) in [6.45, 7) is 14.6. The van der Waals surface area contributed by atoms with Crippen molar-refractivity contribution in [3.8, 4) is 0 Å². The average Bonchev–Trinajstić information content (AvgIpc) is 3.38. The summed E-state index contributed by atoms with van der Waals surface area (Å²) in [5, 5.41) is 65.7. The minimum absolute atomic E-state index is 0.199. The normalized spacial score (nSPS) is 44.3. The number of fused-ring (bicyclic) bond motifs is 2. The van der Waals surface area contributed by atoms with Crippen LogP contribution in [0, 0.1) is 17.8 Å². The molecule has 13 atom stereocenters. The molecule has 0 aromatic heterocycles. The quantitative estimate of drug-likeness (QED) is 0.200. The van der Waals surface area contributed by atoms with Crippen molar-refractivity contribution in [2.24, 2.45) is 17.8 Å². The molecular weight excluding hydrogens is 680 g/mol. The highest BCUT2D eigenvalue weighted by Crippen LogP contribution is 2.47. The lowest BCUT2D eigenvalue weighted by Gasteiger charge is -2.52. The zero-order valence-corrected chi connectivity index (χ0v) is 33.5. The number of hydrogen-bond donors (Lipinski definition) is 6. The third kappa shape index (κ3) is 11.6. The molecule has 2 fully saturated rings. The van der Waals surface area contributed by atoms with E-state index in [0.29, 0.717) is 44.9 Å². The summed E-state index contributed by atoms with van der Waals surface area (Å²) in [4.78, 5) is 13.5. The van der Waals surface area contributed by atoms with E-state index in [4.69, 9.17) is 18.9 Å². The molecule has 304 valence electrons. The highest BCUT2D eigenvalue weighted by atomic mass is 16.7. The van der Waals surface area contributed by atoms with Crippen LogP contribution in [0.2, 0.25) is 0 Å². The monoisotopic (exact) mass is 750 g/mol. The van der Waals surface area contributed by atoms with Gasteiger partial charge < -0.3 is 49.6 Å². The Hall–Kier alpha value is -1.83. The molecule has 0 amide bonds. The second-order valence-corrected chi connectivity index (χ2v) is 17.8. The van der Waals surface area contributed by atoms with E-state index in [2.05, 4.69) is 32.9 Å². The van der Waals surface area contributed by atoms with Crippen molar-refractivity contribution in [2.75, 3.05) is 0 Å². The zero-order valence-electron chi connectivity index (χ0n) is 33.5. The van der Waals surface area contributed by atoms with Gasteiger partial charge in [-0.1, -0.05) is 52.7 Å². The number of ether oxygens (including phenoxy) is 4. The van der Waals surface area contributed by atoms with Gasteiger partial charge in [0.1, 0.15) is 23.1 Å². The van der Waals surface area contributed by atoms with Gasteiger partial charge in [0.05, 0.1) is 42.2 Å². The van der Waals surface area contributed by atoms with Gasteiger partial charge in [-0.05, 0) is 83.8 Å². The van der Waals surface area contributed by atoms with Gasteiger partial charge in [0.25, 0.3) is 0 Å². The van der Waals surface area contributed by atoms with Crippen LogP contribution in [0.25, 0.3) is 0 Å². The van der Waals surface area contributed by atoms with E-state index in [1.807, 2.05) is 13.8 Å². The van der Waals surface area contributed by atoms with Crippen LogP contribution in [0.5, 0.6) is 0 Å². The minimum Gasteiger partial charge on any atom is -0.491 e. The third-order valence-electron chi connectivity index (χ3n) is 12.4. The first-order valence-electron chi connectivity index (χ1n) is 20.2. The number of rotatable bonds is 3. The van der Waals surface area contributed by atoms with Crippen LogP contribution in [0.3, 0.4) is 0 Å². The fourth-order valence-corrected chi connectivity index (χ4v) is 8.35. The third-order valence-corrected chi connectivity index (χ3v) is 12.4. The Balaban J connectivity index is 1.66. The number of allylic oxidation sites excluding steroid dienone is 2. The second kappa shape index (κ2) is 18.0. The van der Waals surface area contributed by atoms with Crippen molar-refractivity contribution >= 4 is 5.97 Å². The Kier molecular flexibility index (Phi) is 14.9. The van der Waals surface area contributed by atoms with Gasteiger partial charge in [-0.25, -0.2) is 4.79 Å². The summed E-state index contributed by atoms with van der Waals surface area (Å²) >= 11 is 0. The Morgan fingerprint density at radius 3 is 2.34 bits per heavy atom. The van der Waals surface area contributed by atoms with Gasteiger partial charge in [-0.2, -0.15) is 0 Å². The van der Waals surface area contributed by atoms with Crippen LogP contribution in [0.15, 0.2) is 35.6 Å². The number of aliphatic hydroxyl groups excluding tert-OH is 4. The molecule has 4 aliphatic heterocycles. The number of carbonyl (C=O) groups is 1. The smallest absolute Gasteiger partial charge is 0.330 e. The lowest BCUT2D eigenvalue weighted by Crippen LogP contribution is -2.57. The number of esters is 1. The molecule has 53 heavy (non-hydrogen) atoms. The first-order chi connectivity index (χ1) is 24.7. The minimum atomic E-state index is -1.93. The summed E-state index contributed by atoms with van der Waals surface area (Å²) in [5.41, 5.74) is -2.67. The highest BCUT2D eigenvalue weighted by molar-refractivity contribution is 5.82. The van der Waals surface area contributed by atoms with E-state index in [-0.39, 0.29) is 24.4 Å². The average molecular weight is 751 g/mol. The molecule has 0 aliphatic carbocycles. The van der Waals surface area contributed by atoms with E-state index < -0.39 is 71.1 Å². The topological polar surface area (TPSA) is 175 Å². The van der Waals surface area contributed by atoms with Crippen LogP contribution in [0.1, 0.15) is 139 Å². The number of hydrogen-bond acceptors (Lipinski definition) is 11. The van der Waals surface area contributed by atoms with Crippen LogP contribution >= 0.6 is 0 Å². The maximum absolute atomic E-state index is 13.5. The Morgan fingerprint density at radius 1 is 0.925 bits per heavy atom. The lowest BCUT2D eigenvalue weighted by molar-refractivity contribution is -0.347. The Morgan fingerprint density at radius 2 is 1.64 bits per heavy atom. The second-order valence-electron chi connectivity index (χ2n) is 17.8. The molecule has 11 heteroatoms. The van der Waals surface area contributed by atoms with Gasteiger partial charge >= 0.3 is 5.97 Å². The molecule has 11 nitrogen and oxygen atoms in total. The first-order valence-corrected chi connectivity index (χ1v) is 20.2. The summed E-state index contributed by atoms with van der Waals surface area (Å²) in [6, 6.07) is 0. The summed E-state index contributed by atoms with van der Waals surface area (Å²) in [6.07, 6.45) is 8.21. The molecule has 4 rings (SSSR count). The molecule has 4 heterocycles. The summed E-state index contributed by atoms with van der Waals surface area (Å²) < 4.78 is 26.4. The molecule has 6 N–H and O–H groups in total. The van der Waals surface area contributed by atoms with Crippen molar-refractivity contribution in [1.82, 2.24) is 0 Å². The van der Waals surface area contributed by atoms with Crippen LogP contribution < -0.4 is 0 Å². The largest absolute Gasteiger partial charge is 0.491 e. The van der Waals surface area contributed by atoms with Crippen molar-refractivity contribution in [3.05, 3.63) is 35.6 Å². The SMILES string of the molecule is CCC(O)CC1OC2(CCC1C)CC1OC(=O)/C=C/C(C)(O)C(O)C(C)C(O)CC(O)C(C)(O)CCCCC/C=C\C3=C(CC(O2)C1C)OC(C)(C)C3.